The van der Waals surface area contributed by atoms with Gasteiger partial charge in [0.15, 0.2) is 0 Å². The summed E-state index contributed by atoms with van der Waals surface area (Å²) in [7, 11) is 0. The van der Waals surface area contributed by atoms with Crippen molar-refractivity contribution in [3.63, 3.8) is 0 Å². The molecule has 3 heteroatoms. The molecule has 1 N–H and O–H groups in total. The Kier molecular flexibility index (Phi) is 6.81. The summed E-state index contributed by atoms with van der Waals surface area (Å²) in [6.45, 7) is 7.51. The summed E-state index contributed by atoms with van der Waals surface area (Å²) in [5, 5.41) is 3.33. The van der Waals surface area contributed by atoms with Gasteiger partial charge in [0.25, 0.3) is 0 Å². The van der Waals surface area contributed by atoms with Crippen molar-refractivity contribution in [2.24, 2.45) is 5.92 Å². The molecular formula is C9H20ClNO. The Balaban J connectivity index is 0.00000121. The quantitative estimate of drug-likeness (QED) is 0.739. The molecule has 1 fully saturated rings. The number of halogens is 1. The maximum Gasteiger partial charge on any atom is 0.0700 e. The molecule has 0 amide bonds. The predicted octanol–water partition coefficient (Wildman–Crippen LogP) is 1.83. The van der Waals surface area contributed by atoms with Crippen molar-refractivity contribution in [1.82, 2.24) is 5.32 Å². The number of hydrogen-bond acceptors (Lipinski definition) is 2. The highest BCUT2D eigenvalue weighted by molar-refractivity contribution is 5.85. The van der Waals surface area contributed by atoms with Gasteiger partial charge in [-0.15, -0.1) is 12.4 Å². The maximum atomic E-state index is 5.68. The van der Waals surface area contributed by atoms with Gasteiger partial charge in [-0.3, -0.25) is 0 Å². The van der Waals surface area contributed by atoms with Crippen LogP contribution in [0.3, 0.4) is 0 Å². The monoisotopic (exact) mass is 193 g/mol. The van der Waals surface area contributed by atoms with E-state index >= 15 is 0 Å². The maximum absolute atomic E-state index is 5.68. The van der Waals surface area contributed by atoms with Crippen LogP contribution in [0.2, 0.25) is 0 Å². The molecule has 1 unspecified atom stereocenters. The topological polar surface area (TPSA) is 21.3 Å². The van der Waals surface area contributed by atoms with Crippen LogP contribution in [0.25, 0.3) is 0 Å². The van der Waals surface area contributed by atoms with Gasteiger partial charge in [0.1, 0.15) is 0 Å². The standard InChI is InChI=1S/C9H19NO.ClH/c1-8(2)7-11-9-4-3-5-10-6-9;/h8-10H,3-7H2,1-2H3;1H. The van der Waals surface area contributed by atoms with Gasteiger partial charge in [0.2, 0.25) is 0 Å². The zero-order valence-corrected chi connectivity index (χ0v) is 8.82. The van der Waals surface area contributed by atoms with Gasteiger partial charge in [0.05, 0.1) is 6.10 Å². The number of hydrogen-bond donors (Lipinski definition) is 1. The van der Waals surface area contributed by atoms with E-state index in [2.05, 4.69) is 19.2 Å². The molecule has 74 valence electrons. The molecule has 0 aliphatic carbocycles. The Bertz CT molecular complexity index is 103. The minimum atomic E-state index is 0. The van der Waals surface area contributed by atoms with Crippen LogP contribution in [0.1, 0.15) is 26.7 Å². The van der Waals surface area contributed by atoms with Crippen molar-refractivity contribution < 1.29 is 4.74 Å². The van der Waals surface area contributed by atoms with Crippen molar-refractivity contribution in [2.45, 2.75) is 32.8 Å². The average Bonchev–Trinajstić information content (AvgIpc) is 2.03. The van der Waals surface area contributed by atoms with Crippen LogP contribution in [0.5, 0.6) is 0 Å². The predicted molar refractivity (Wildman–Crippen MR) is 53.9 cm³/mol. The fraction of sp³-hybridized carbons (Fsp3) is 1.00. The van der Waals surface area contributed by atoms with Crippen molar-refractivity contribution in [1.29, 1.82) is 0 Å². The summed E-state index contributed by atoms with van der Waals surface area (Å²) >= 11 is 0. The van der Waals surface area contributed by atoms with Crippen LogP contribution in [-0.4, -0.2) is 25.8 Å². The van der Waals surface area contributed by atoms with E-state index in [4.69, 9.17) is 4.74 Å². The summed E-state index contributed by atoms with van der Waals surface area (Å²) in [4.78, 5) is 0. The zero-order valence-electron chi connectivity index (χ0n) is 8.01. The first-order valence-corrected chi connectivity index (χ1v) is 4.61. The van der Waals surface area contributed by atoms with Gasteiger partial charge in [-0.1, -0.05) is 13.8 Å². The fourth-order valence-electron chi connectivity index (χ4n) is 1.29. The van der Waals surface area contributed by atoms with Crippen molar-refractivity contribution in [3.8, 4) is 0 Å². The van der Waals surface area contributed by atoms with Gasteiger partial charge in [0, 0.05) is 13.2 Å². The second-order valence-corrected chi connectivity index (χ2v) is 3.70. The Morgan fingerprint density at radius 3 is 2.75 bits per heavy atom. The minimum Gasteiger partial charge on any atom is -0.377 e. The lowest BCUT2D eigenvalue weighted by Gasteiger charge is -2.23. The lowest BCUT2D eigenvalue weighted by atomic mass is 10.1. The average molecular weight is 194 g/mol. The molecule has 0 radical (unpaired) electrons. The second kappa shape index (κ2) is 6.70. The number of piperidine rings is 1. The highest BCUT2D eigenvalue weighted by atomic mass is 35.5. The molecular weight excluding hydrogens is 174 g/mol. The molecule has 0 spiro atoms. The molecule has 0 aromatic rings. The van der Waals surface area contributed by atoms with E-state index in [0.717, 1.165) is 13.2 Å². The van der Waals surface area contributed by atoms with Crippen molar-refractivity contribution >= 4 is 12.4 Å². The van der Waals surface area contributed by atoms with Crippen LogP contribution in [0, 0.1) is 5.92 Å². The summed E-state index contributed by atoms with van der Waals surface area (Å²) < 4.78 is 5.68. The normalized spacial score (nSPS) is 23.8. The van der Waals surface area contributed by atoms with E-state index in [1.165, 1.54) is 19.4 Å². The van der Waals surface area contributed by atoms with E-state index in [1.54, 1.807) is 0 Å². The summed E-state index contributed by atoms with van der Waals surface area (Å²) in [5.41, 5.74) is 0. The summed E-state index contributed by atoms with van der Waals surface area (Å²) in [5.74, 6) is 0.664. The molecule has 0 aromatic carbocycles. The highest BCUT2D eigenvalue weighted by Crippen LogP contribution is 2.07. The van der Waals surface area contributed by atoms with Crippen molar-refractivity contribution in [2.75, 3.05) is 19.7 Å². The van der Waals surface area contributed by atoms with E-state index in [1.807, 2.05) is 0 Å². The first-order chi connectivity index (χ1) is 5.29. The third kappa shape index (κ3) is 4.96. The Morgan fingerprint density at radius 2 is 2.25 bits per heavy atom. The summed E-state index contributed by atoms with van der Waals surface area (Å²) in [6.07, 6.45) is 2.98. The second-order valence-electron chi connectivity index (χ2n) is 3.70. The van der Waals surface area contributed by atoms with Gasteiger partial charge in [-0.2, -0.15) is 0 Å². The molecule has 1 heterocycles. The SMILES string of the molecule is CC(C)COC1CCCNC1.Cl. The van der Waals surface area contributed by atoms with Crippen LogP contribution < -0.4 is 5.32 Å². The van der Waals surface area contributed by atoms with Gasteiger partial charge in [-0.05, 0) is 25.3 Å². The van der Waals surface area contributed by atoms with Crippen LogP contribution in [0.4, 0.5) is 0 Å². The van der Waals surface area contributed by atoms with Crippen LogP contribution in [0.15, 0.2) is 0 Å². The summed E-state index contributed by atoms with van der Waals surface area (Å²) in [6, 6.07) is 0. The van der Waals surface area contributed by atoms with Crippen molar-refractivity contribution in [3.05, 3.63) is 0 Å². The molecule has 1 rings (SSSR count). The molecule has 1 aliphatic rings. The number of rotatable bonds is 3. The lowest BCUT2D eigenvalue weighted by Crippen LogP contribution is -2.35. The molecule has 1 aliphatic heterocycles. The smallest absolute Gasteiger partial charge is 0.0700 e. The van der Waals surface area contributed by atoms with E-state index < -0.39 is 0 Å². The van der Waals surface area contributed by atoms with Crippen LogP contribution >= 0.6 is 12.4 Å². The molecule has 0 saturated carbocycles. The number of ether oxygens (including phenoxy) is 1. The van der Waals surface area contributed by atoms with E-state index in [-0.39, 0.29) is 12.4 Å². The van der Waals surface area contributed by atoms with E-state index in [9.17, 15) is 0 Å². The first-order valence-electron chi connectivity index (χ1n) is 4.61. The van der Waals surface area contributed by atoms with Gasteiger partial charge >= 0.3 is 0 Å². The molecule has 0 bridgehead atoms. The molecule has 1 saturated heterocycles. The zero-order chi connectivity index (χ0) is 8.10. The number of nitrogens with one attached hydrogen (secondary N) is 1. The van der Waals surface area contributed by atoms with Crippen LogP contribution in [-0.2, 0) is 4.74 Å². The minimum absolute atomic E-state index is 0. The molecule has 1 atom stereocenters. The van der Waals surface area contributed by atoms with Gasteiger partial charge < -0.3 is 10.1 Å². The third-order valence-electron chi connectivity index (χ3n) is 1.92. The van der Waals surface area contributed by atoms with Gasteiger partial charge in [-0.25, -0.2) is 0 Å². The Morgan fingerprint density at radius 1 is 1.50 bits per heavy atom. The lowest BCUT2D eigenvalue weighted by molar-refractivity contribution is 0.0217. The third-order valence-corrected chi connectivity index (χ3v) is 1.92. The Hall–Kier alpha value is 0.210. The highest BCUT2D eigenvalue weighted by Gasteiger charge is 2.12. The first kappa shape index (κ1) is 12.2. The largest absolute Gasteiger partial charge is 0.377 e. The Labute approximate surface area is 81.5 Å². The fourth-order valence-corrected chi connectivity index (χ4v) is 1.29. The molecule has 0 aromatic heterocycles. The molecule has 12 heavy (non-hydrogen) atoms. The van der Waals surface area contributed by atoms with E-state index in [0.29, 0.717) is 12.0 Å². The molecule has 2 nitrogen and oxygen atoms in total.